The number of carbonyl (C=O) groups is 2. The monoisotopic (exact) mass is 309 g/mol. The van der Waals surface area contributed by atoms with Crippen molar-refractivity contribution < 1.29 is 14.3 Å². The van der Waals surface area contributed by atoms with Gasteiger partial charge >= 0.3 is 0 Å². The maximum absolute atomic E-state index is 11.9. The Labute approximate surface area is 133 Å². The first-order chi connectivity index (χ1) is 11.1. The van der Waals surface area contributed by atoms with E-state index < -0.39 is 11.8 Å². The van der Waals surface area contributed by atoms with Crippen molar-refractivity contribution in [3.05, 3.63) is 65.2 Å². The van der Waals surface area contributed by atoms with E-state index in [0.29, 0.717) is 11.3 Å². The Hall–Kier alpha value is -3.33. The Bertz CT molecular complexity index is 748. The molecule has 0 aromatic heterocycles. The molecular formula is C17H15N3O3. The highest BCUT2D eigenvalue weighted by atomic mass is 16.5. The molecule has 0 spiro atoms. The lowest BCUT2D eigenvalue weighted by Gasteiger charge is -2.09. The second-order valence-electron chi connectivity index (χ2n) is 4.80. The van der Waals surface area contributed by atoms with Crippen molar-refractivity contribution in [1.82, 2.24) is 10.9 Å². The van der Waals surface area contributed by atoms with Gasteiger partial charge in [-0.1, -0.05) is 23.8 Å². The number of ether oxygens (including phenoxy) is 1. The number of nitrogens with one attached hydrogen (secondary N) is 2. The number of hydrogen-bond acceptors (Lipinski definition) is 4. The summed E-state index contributed by atoms with van der Waals surface area (Å²) in [5.41, 5.74) is 6.26. The highest BCUT2D eigenvalue weighted by Crippen LogP contribution is 2.10. The van der Waals surface area contributed by atoms with Crippen molar-refractivity contribution >= 4 is 11.8 Å². The molecule has 0 fully saturated rings. The molecule has 0 bridgehead atoms. The van der Waals surface area contributed by atoms with Crippen molar-refractivity contribution in [2.45, 2.75) is 6.92 Å². The van der Waals surface area contributed by atoms with Crippen LogP contribution < -0.4 is 15.6 Å². The molecule has 2 N–H and O–H groups in total. The summed E-state index contributed by atoms with van der Waals surface area (Å²) < 4.78 is 5.29. The molecule has 2 amide bonds. The van der Waals surface area contributed by atoms with Crippen LogP contribution in [0.4, 0.5) is 0 Å². The standard InChI is InChI=1S/C17H15N3O3/c1-12-5-7-15(8-6-12)23-11-16(21)19-20-17(22)14-4-2-3-13(9-14)10-18/h2-9H,11H2,1H3,(H,19,21)(H,20,22). The maximum atomic E-state index is 11.9. The van der Waals surface area contributed by atoms with Gasteiger partial charge in [0, 0.05) is 5.56 Å². The van der Waals surface area contributed by atoms with Crippen molar-refractivity contribution in [3.8, 4) is 11.8 Å². The van der Waals surface area contributed by atoms with Gasteiger partial charge in [-0.3, -0.25) is 20.4 Å². The van der Waals surface area contributed by atoms with Gasteiger partial charge in [-0.05, 0) is 37.3 Å². The van der Waals surface area contributed by atoms with E-state index >= 15 is 0 Å². The van der Waals surface area contributed by atoms with Crippen LogP contribution in [-0.2, 0) is 4.79 Å². The number of rotatable bonds is 4. The minimum absolute atomic E-state index is 0.221. The average molecular weight is 309 g/mol. The van der Waals surface area contributed by atoms with E-state index in [-0.39, 0.29) is 12.2 Å². The molecule has 0 saturated carbocycles. The fraction of sp³-hybridized carbons (Fsp3) is 0.118. The summed E-state index contributed by atoms with van der Waals surface area (Å²) >= 11 is 0. The number of amides is 2. The molecule has 6 heteroatoms. The molecule has 116 valence electrons. The molecular weight excluding hydrogens is 294 g/mol. The molecule has 0 unspecified atom stereocenters. The first kappa shape index (κ1) is 16.0. The third-order valence-corrected chi connectivity index (χ3v) is 2.96. The maximum Gasteiger partial charge on any atom is 0.276 e. The van der Waals surface area contributed by atoms with Crippen molar-refractivity contribution in [2.75, 3.05) is 6.61 Å². The van der Waals surface area contributed by atoms with Gasteiger partial charge in [0.15, 0.2) is 6.61 Å². The normalized spacial score (nSPS) is 9.57. The Morgan fingerprint density at radius 3 is 2.57 bits per heavy atom. The van der Waals surface area contributed by atoms with Crippen molar-refractivity contribution in [3.63, 3.8) is 0 Å². The van der Waals surface area contributed by atoms with Gasteiger partial charge in [0.1, 0.15) is 5.75 Å². The van der Waals surface area contributed by atoms with Crippen LogP contribution in [0.5, 0.6) is 5.75 Å². The van der Waals surface area contributed by atoms with E-state index in [2.05, 4.69) is 10.9 Å². The fourth-order valence-corrected chi connectivity index (χ4v) is 1.75. The number of benzene rings is 2. The van der Waals surface area contributed by atoms with Gasteiger partial charge in [0.2, 0.25) is 0 Å². The zero-order valence-corrected chi connectivity index (χ0v) is 12.5. The Morgan fingerprint density at radius 2 is 1.87 bits per heavy atom. The molecule has 0 aliphatic rings. The fourth-order valence-electron chi connectivity index (χ4n) is 1.75. The molecule has 2 aromatic carbocycles. The SMILES string of the molecule is Cc1ccc(OCC(=O)NNC(=O)c2cccc(C#N)c2)cc1. The van der Waals surface area contributed by atoms with Gasteiger partial charge in [-0.15, -0.1) is 0 Å². The number of nitrogens with zero attached hydrogens (tertiary/aromatic N) is 1. The molecule has 2 rings (SSSR count). The van der Waals surface area contributed by atoms with Crippen LogP contribution in [0.15, 0.2) is 48.5 Å². The Kier molecular flexibility index (Phi) is 5.31. The quantitative estimate of drug-likeness (QED) is 0.841. The van der Waals surface area contributed by atoms with Gasteiger partial charge in [0.25, 0.3) is 11.8 Å². The summed E-state index contributed by atoms with van der Waals surface area (Å²) in [6, 6.07) is 15.4. The highest BCUT2D eigenvalue weighted by molar-refractivity contribution is 5.95. The number of nitriles is 1. The predicted molar refractivity (Wildman–Crippen MR) is 83.4 cm³/mol. The van der Waals surface area contributed by atoms with E-state index in [9.17, 15) is 9.59 Å². The lowest BCUT2D eigenvalue weighted by Crippen LogP contribution is -2.43. The molecule has 23 heavy (non-hydrogen) atoms. The smallest absolute Gasteiger partial charge is 0.276 e. The minimum Gasteiger partial charge on any atom is -0.484 e. The highest BCUT2D eigenvalue weighted by Gasteiger charge is 2.08. The van der Waals surface area contributed by atoms with Crippen LogP contribution in [-0.4, -0.2) is 18.4 Å². The minimum atomic E-state index is -0.509. The molecule has 0 aliphatic carbocycles. The van der Waals surface area contributed by atoms with Crippen LogP contribution in [0.25, 0.3) is 0 Å². The summed E-state index contributed by atoms with van der Waals surface area (Å²) in [4.78, 5) is 23.5. The van der Waals surface area contributed by atoms with Crippen molar-refractivity contribution in [1.29, 1.82) is 5.26 Å². The average Bonchev–Trinajstić information content (AvgIpc) is 2.59. The first-order valence-electron chi connectivity index (χ1n) is 6.87. The van der Waals surface area contributed by atoms with Gasteiger partial charge in [-0.2, -0.15) is 5.26 Å². The van der Waals surface area contributed by atoms with Crippen molar-refractivity contribution in [2.24, 2.45) is 0 Å². The topological polar surface area (TPSA) is 91.2 Å². The van der Waals surface area contributed by atoms with E-state index in [0.717, 1.165) is 5.56 Å². The lowest BCUT2D eigenvalue weighted by molar-refractivity contribution is -0.123. The van der Waals surface area contributed by atoms with Crippen LogP contribution in [0.3, 0.4) is 0 Å². The van der Waals surface area contributed by atoms with Gasteiger partial charge in [0.05, 0.1) is 11.6 Å². The van der Waals surface area contributed by atoms with E-state index in [1.807, 2.05) is 25.1 Å². The largest absolute Gasteiger partial charge is 0.484 e. The van der Waals surface area contributed by atoms with E-state index in [1.165, 1.54) is 6.07 Å². The molecule has 0 aliphatic heterocycles. The molecule has 2 aromatic rings. The van der Waals surface area contributed by atoms with Crippen LogP contribution >= 0.6 is 0 Å². The number of carbonyl (C=O) groups excluding carboxylic acids is 2. The van der Waals surface area contributed by atoms with Crippen LogP contribution in [0.1, 0.15) is 21.5 Å². The third-order valence-electron chi connectivity index (χ3n) is 2.96. The summed E-state index contributed by atoms with van der Waals surface area (Å²) in [7, 11) is 0. The van der Waals surface area contributed by atoms with Crippen LogP contribution in [0, 0.1) is 18.3 Å². The number of hydrogen-bond donors (Lipinski definition) is 2. The first-order valence-corrected chi connectivity index (χ1v) is 6.87. The molecule has 0 radical (unpaired) electrons. The molecule has 0 atom stereocenters. The summed E-state index contributed by atoms with van der Waals surface area (Å²) in [6.07, 6.45) is 0. The Morgan fingerprint density at radius 1 is 1.13 bits per heavy atom. The zero-order valence-electron chi connectivity index (χ0n) is 12.5. The summed E-state index contributed by atoms with van der Waals surface area (Å²) in [5, 5.41) is 8.79. The van der Waals surface area contributed by atoms with Crippen LogP contribution in [0.2, 0.25) is 0 Å². The molecule has 0 saturated heterocycles. The summed E-state index contributed by atoms with van der Waals surface area (Å²) in [6.45, 7) is 1.73. The second-order valence-corrected chi connectivity index (χ2v) is 4.80. The van der Waals surface area contributed by atoms with Gasteiger partial charge in [-0.25, -0.2) is 0 Å². The summed E-state index contributed by atoms with van der Waals surface area (Å²) in [5.74, 6) is -0.431. The molecule has 0 heterocycles. The molecule has 6 nitrogen and oxygen atoms in total. The lowest BCUT2D eigenvalue weighted by atomic mass is 10.1. The predicted octanol–water partition coefficient (Wildman–Crippen LogP) is 1.71. The Balaban J connectivity index is 1.80. The number of hydrazine groups is 1. The second kappa shape index (κ2) is 7.61. The third kappa shape index (κ3) is 4.86. The van der Waals surface area contributed by atoms with E-state index in [4.69, 9.17) is 10.00 Å². The number of aryl methyl sites for hydroxylation is 1. The zero-order chi connectivity index (χ0) is 16.7. The van der Waals surface area contributed by atoms with Gasteiger partial charge < -0.3 is 4.74 Å². The van der Waals surface area contributed by atoms with E-state index in [1.54, 1.807) is 30.3 Å².